The van der Waals surface area contributed by atoms with Crippen LogP contribution in [0, 0.1) is 19.3 Å². The lowest BCUT2D eigenvalue weighted by molar-refractivity contribution is 0.256. The second kappa shape index (κ2) is 9.83. The fourth-order valence-corrected chi connectivity index (χ4v) is 1.73. The third-order valence-corrected chi connectivity index (χ3v) is 2.76. The zero-order valence-corrected chi connectivity index (χ0v) is 13.4. The second-order valence-electron chi connectivity index (χ2n) is 4.48. The molecule has 116 valence electrons. The van der Waals surface area contributed by atoms with E-state index >= 15 is 0 Å². The molecule has 1 aromatic rings. The molecule has 0 atom stereocenters. The SMILES string of the molecule is CCC=CCNC(=N)NC(=O)Nc1c(C)cccc1C.Cl. The molecule has 1 aromatic carbocycles. The number of rotatable bonds is 4. The van der Waals surface area contributed by atoms with Gasteiger partial charge in [0, 0.05) is 12.2 Å². The van der Waals surface area contributed by atoms with E-state index in [4.69, 9.17) is 5.41 Å². The monoisotopic (exact) mass is 310 g/mol. The number of anilines is 1. The third-order valence-electron chi connectivity index (χ3n) is 2.76. The van der Waals surface area contributed by atoms with Crippen molar-refractivity contribution in [3.8, 4) is 0 Å². The standard InChI is InChI=1S/C15H22N4O.ClH/c1-4-5-6-10-17-14(16)19-15(20)18-13-11(2)8-7-9-12(13)3;/h5-9H,4,10H2,1-3H3,(H4,16,17,18,19,20);1H. The number of nitrogens with one attached hydrogen (secondary N) is 4. The Hall–Kier alpha value is -2.01. The number of aryl methyl sites for hydroxylation is 2. The number of urea groups is 1. The Balaban J connectivity index is 0.00000400. The molecular weight excluding hydrogens is 288 g/mol. The third kappa shape index (κ3) is 6.81. The summed E-state index contributed by atoms with van der Waals surface area (Å²) in [7, 11) is 0. The van der Waals surface area contributed by atoms with Gasteiger partial charge in [-0.25, -0.2) is 4.79 Å². The van der Waals surface area contributed by atoms with E-state index < -0.39 is 6.03 Å². The summed E-state index contributed by atoms with van der Waals surface area (Å²) in [6.45, 7) is 6.43. The molecule has 0 aliphatic heterocycles. The largest absolute Gasteiger partial charge is 0.353 e. The van der Waals surface area contributed by atoms with E-state index in [0.717, 1.165) is 23.2 Å². The lowest BCUT2D eigenvalue weighted by Crippen LogP contribution is -2.42. The lowest BCUT2D eigenvalue weighted by atomic mass is 10.1. The molecule has 0 saturated carbocycles. The molecule has 6 heteroatoms. The van der Waals surface area contributed by atoms with Gasteiger partial charge in [0.2, 0.25) is 0 Å². The van der Waals surface area contributed by atoms with Crippen LogP contribution in [0.15, 0.2) is 30.4 Å². The molecule has 0 unspecified atom stereocenters. The molecule has 0 fully saturated rings. The molecule has 21 heavy (non-hydrogen) atoms. The van der Waals surface area contributed by atoms with Crippen molar-refractivity contribution in [3.05, 3.63) is 41.5 Å². The van der Waals surface area contributed by atoms with Gasteiger partial charge in [0.15, 0.2) is 5.96 Å². The number of para-hydroxylation sites is 1. The first-order valence-corrected chi connectivity index (χ1v) is 6.66. The first-order chi connectivity index (χ1) is 9.54. The Morgan fingerprint density at radius 2 is 1.86 bits per heavy atom. The highest BCUT2D eigenvalue weighted by Gasteiger charge is 2.07. The quantitative estimate of drug-likeness (QED) is 0.391. The van der Waals surface area contributed by atoms with Crippen LogP contribution in [-0.2, 0) is 0 Å². The molecule has 0 saturated heterocycles. The number of guanidine groups is 1. The van der Waals surface area contributed by atoms with Crippen LogP contribution in [0.3, 0.4) is 0 Å². The van der Waals surface area contributed by atoms with Gasteiger partial charge >= 0.3 is 6.03 Å². The van der Waals surface area contributed by atoms with E-state index in [-0.39, 0.29) is 18.4 Å². The molecule has 0 aliphatic rings. The molecule has 4 N–H and O–H groups in total. The maximum absolute atomic E-state index is 11.8. The van der Waals surface area contributed by atoms with Gasteiger partial charge in [-0.2, -0.15) is 0 Å². The van der Waals surface area contributed by atoms with Gasteiger partial charge < -0.3 is 10.6 Å². The summed E-state index contributed by atoms with van der Waals surface area (Å²) in [4.78, 5) is 11.8. The van der Waals surface area contributed by atoms with Crippen LogP contribution in [0.4, 0.5) is 10.5 Å². The van der Waals surface area contributed by atoms with E-state index in [9.17, 15) is 4.79 Å². The Kier molecular flexibility index (Phi) is 8.88. The van der Waals surface area contributed by atoms with Gasteiger partial charge in [-0.3, -0.25) is 10.7 Å². The highest BCUT2D eigenvalue weighted by molar-refractivity contribution is 6.02. The minimum absolute atomic E-state index is 0. The maximum Gasteiger partial charge on any atom is 0.326 e. The summed E-state index contributed by atoms with van der Waals surface area (Å²) in [6, 6.07) is 5.39. The predicted molar refractivity (Wildman–Crippen MR) is 90.5 cm³/mol. The minimum atomic E-state index is -0.417. The number of hydrogen-bond acceptors (Lipinski definition) is 2. The number of hydrogen-bond donors (Lipinski definition) is 4. The number of amides is 2. The molecular formula is C15H23ClN4O. The Labute approximate surface area is 132 Å². The Morgan fingerprint density at radius 3 is 2.43 bits per heavy atom. The zero-order chi connectivity index (χ0) is 15.0. The molecule has 5 nitrogen and oxygen atoms in total. The van der Waals surface area contributed by atoms with Crippen molar-refractivity contribution in [1.29, 1.82) is 5.41 Å². The van der Waals surface area contributed by atoms with E-state index in [2.05, 4.69) is 16.0 Å². The number of benzene rings is 1. The summed E-state index contributed by atoms with van der Waals surface area (Å²) in [5, 5.41) is 15.6. The fraction of sp³-hybridized carbons (Fsp3) is 0.333. The van der Waals surface area contributed by atoms with Gasteiger partial charge in [0.1, 0.15) is 0 Å². The van der Waals surface area contributed by atoms with Crippen LogP contribution in [0.5, 0.6) is 0 Å². The smallest absolute Gasteiger partial charge is 0.326 e. The van der Waals surface area contributed by atoms with Gasteiger partial charge in [-0.05, 0) is 31.4 Å². The average Bonchev–Trinajstić information content (AvgIpc) is 2.39. The van der Waals surface area contributed by atoms with Crippen molar-refractivity contribution >= 4 is 30.1 Å². The van der Waals surface area contributed by atoms with Crippen molar-refractivity contribution in [2.75, 3.05) is 11.9 Å². The van der Waals surface area contributed by atoms with Crippen LogP contribution in [0.2, 0.25) is 0 Å². The van der Waals surface area contributed by atoms with Crippen molar-refractivity contribution in [2.24, 2.45) is 0 Å². The first kappa shape index (κ1) is 19.0. The van der Waals surface area contributed by atoms with Crippen LogP contribution < -0.4 is 16.0 Å². The Morgan fingerprint density at radius 1 is 1.24 bits per heavy atom. The molecule has 0 heterocycles. The molecule has 0 aliphatic carbocycles. The van der Waals surface area contributed by atoms with Gasteiger partial charge in [0.05, 0.1) is 0 Å². The van der Waals surface area contributed by atoms with Crippen LogP contribution in [-0.4, -0.2) is 18.5 Å². The number of allylic oxidation sites excluding steroid dienone is 1. The molecule has 0 aromatic heterocycles. The Bertz CT molecular complexity index is 494. The minimum Gasteiger partial charge on any atom is -0.353 e. The van der Waals surface area contributed by atoms with E-state index in [1.54, 1.807) is 0 Å². The van der Waals surface area contributed by atoms with Gasteiger partial charge in [0.25, 0.3) is 0 Å². The molecule has 0 spiro atoms. The maximum atomic E-state index is 11.8. The lowest BCUT2D eigenvalue weighted by Gasteiger charge is -2.13. The van der Waals surface area contributed by atoms with E-state index in [0.29, 0.717) is 6.54 Å². The molecule has 2 amide bonds. The molecule has 0 bridgehead atoms. The summed E-state index contributed by atoms with van der Waals surface area (Å²) in [5.74, 6) is -0.0190. The topological polar surface area (TPSA) is 77.0 Å². The number of carbonyl (C=O) groups is 1. The fourth-order valence-electron chi connectivity index (χ4n) is 1.73. The average molecular weight is 311 g/mol. The number of halogens is 1. The first-order valence-electron chi connectivity index (χ1n) is 6.66. The molecule has 1 rings (SSSR count). The predicted octanol–water partition coefficient (Wildman–Crippen LogP) is 3.34. The normalized spacial score (nSPS) is 9.86. The summed E-state index contributed by atoms with van der Waals surface area (Å²) < 4.78 is 0. The number of carbonyl (C=O) groups excluding carboxylic acids is 1. The van der Waals surface area contributed by atoms with Gasteiger partial charge in [-0.1, -0.05) is 37.3 Å². The van der Waals surface area contributed by atoms with Crippen LogP contribution in [0.1, 0.15) is 24.5 Å². The van der Waals surface area contributed by atoms with Crippen molar-refractivity contribution < 1.29 is 4.79 Å². The van der Waals surface area contributed by atoms with E-state index in [1.165, 1.54) is 0 Å². The van der Waals surface area contributed by atoms with Crippen molar-refractivity contribution in [2.45, 2.75) is 27.2 Å². The molecule has 0 radical (unpaired) electrons. The highest BCUT2D eigenvalue weighted by atomic mass is 35.5. The van der Waals surface area contributed by atoms with Crippen molar-refractivity contribution in [3.63, 3.8) is 0 Å². The van der Waals surface area contributed by atoms with Crippen LogP contribution >= 0.6 is 12.4 Å². The highest BCUT2D eigenvalue weighted by Crippen LogP contribution is 2.18. The van der Waals surface area contributed by atoms with Crippen LogP contribution in [0.25, 0.3) is 0 Å². The zero-order valence-electron chi connectivity index (χ0n) is 12.6. The summed E-state index contributed by atoms with van der Waals surface area (Å²) in [5.41, 5.74) is 2.76. The second-order valence-corrected chi connectivity index (χ2v) is 4.48. The van der Waals surface area contributed by atoms with Gasteiger partial charge in [-0.15, -0.1) is 12.4 Å². The van der Waals surface area contributed by atoms with E-state index in [1.807, 2.05) is 51.1 Å². The summed E-state index contributed by atoms with van der Waals surface area (Å²) in [6.07, 6.45) is 4.87. The summed E-state index contributed by atoms with van der Waals surface area (Å²) >= 11 is 0. The van der Waals surface area contributed by atoms with Crippen molar-refractivity contribution in [1.82, 2.24) is 10.6 Å².